The van der Waals surface area contributed by atoms with Crippen molar-refractivity contribution >= 4 is 5.69 Å². The third-order valence-corrected chi connectivity index (χ3v) is 3.69. The van der Waals surface area contributed by atoms with Crippen molar-refractivity contribution in [1.82, 2.24) is 5.32 Å². The van der Waals surface area contributed by atoms with Crippen LogP contribution in [0.5, 0.6) is 0 Å². The van der Waals surface area contributed by atoms with Crippen molar-refractivity contribution in [2.45, 2.75) is 47.1 Å². The van der Waals surface area contributed by atoms with Crippen LogP contribution >= 0.6 is 0 Å². The van der Waals surface area contributed by atoms with E-state index in [1.165, 1.54) is 24.1 Å². The standard InChI is InChI=1S/C17H30N2/c1-5-12-18-13-16-10-8-9-11-17(16)19(7-3)14-15(4)6-2/h8-11,15,18H,5-7,12-14H2,1-4H3. The second kappa shape index (κ2) is 8.98. The molecule has 0 aliphatic heterocycles. The van der Waals surface area contributed by atoms with Crippen molar-refractivity contribution in [2.24, 2.45) is 5.92 Å². The zero-order chi connectivity index (χ0) is 14.1. The molecule has 0 heterocycles. The first kappa shape index (κ1) is 16.0. The highest BCUT2D eigenvalue weighted by Crippen LogP contribution is 2.21. The third-order valence-electron chi connectivity index (χ3n) is 3.69. The SMILES string of the molecule is CCCNCc1ccccc1N(CC)CC(C)CC. The van der Waals surface area contributed by atoms with Crippen LogP contribution in [0, 0.1) is 5.92 Å². The molecule has 0 fully saturated rings. The monoisotopic (exact) mass is 262 g/mol. The smallest absolute Gasteiger partial charge is 0.0411 e. The Balaban J connectivity index is 2.77. The summed E-state index contributed by atoms with van der Waals surface area (Å²) in [5, 5.41) is 3.51. The van der Waals surface area contributed by atoms with Crippen LogP contribution in [0.25, 0.3) is 0 Å². The molecule has 0 bridgehead atoms. The first-order chi connectivity index (χ1) is 9.22. The number of hydrogen-bond acceptors (Lipinski definition) is 2. The van der Waals surface area contributed by atoms with Gasteiger partial charge in [-0.3, -0.25) is 0 Å². The highest BCUT2D eigenvalue weighted by Gasteiger charge is 2.11. The van der Waals surface area contributed by atoms with E-state index in [1.54, 1.807) is 0 Å². The number of hydrogen-bond donors (Lipinski definition) is 1. The van der Waals surface area contributed by atoms with Gasteiger partial charge in [-0.15, -0.1) is 0 Å². The maximum absolute atomic E-state index is 3.51. The van der Waals surface area contributed by atoms with Crippen molar-refractivity contribution in [3.63, 3.8) is 0 Å². The van der Waals surface area contributed by atoms with Gasteiger partial charge in [-0.25, -0.2) is 0 Å². The number of para-hydroxylation sites is 1. The van der Waals surface area contributed by atoms with E-state index in [4.69, 9.17) is 0 Å². The van der Waals surface area contributed by atoms with Crippen LogP contribution < -0.4 is 10.2 Å². The average molecular weight is 262 g/mol. The third kappa shape index (κ3) is 5.23. The van der Waals surface area contributed by atoms with Gasteiger partial charge in [0.05, 0.1) is 0 Å². The number of anilines is 1. The fraction of sp³-hybridized carbons (Fsp3) is 0.647. The van der Waals surface area contributed by atoms with Crippen LogP contribution in [0.3, 0.4) is 0 Å². The lowest BCUT2D eigenvalue weighted by Crippen LogP contribution is -2.29. The van der Waals surface area contributed by atoms with Crippen molar-refractivity contribution in [3.8, 4) is 0 Å². The zero-order valence-corrected chi connectivity index (χ0v) is 13.1. The molecule has 1 aromatic carbocycles. The Kier molecular flexibility index (Phi) is 7.57. The summed E-state index contributed by atoms with van der Waals surface area (Å²) in [6.07, 6.45) is 2.43. The second-order valence-corrected chi connectivity index (χ2v) is 5.36. The summed E-state index contributed by atoms with van der Waals surface area (Å²) in [4.78, 5) is 2.51. The van der Waals surface area contributed by atoms with Crippen LogP contribution in [0.15, 0.2) is 24.3 Å². The van der Waals surface area contributed by atoms with Crippen molar-refractivity contribution in [2.75, 3.05) is 24.5 Å². The van der Waals surface area contributed by atoms with Crippen molar-refractivity contribution in [3.05, 3.63) is 29.8 Å². The number of benzene rings is 1. The predicted octanol–water partition coefficient (Wildman–Crippen LogP) is 4.06. The quantitative estimate of drug-likeness (QED) is 0.675. The van der Waals surface area contributed by atoms with Crippen LogP contribution in [0.4, 0.5) is 5.69 Å². The van der Waals surface area contributed by atoms with Gasteiger partial charge < -0.3 is 10.2 Å². The number of rotatable bonds is 9. The molecular weight excluding hydrogens is 232 g/mol. The predicted molar refractivity (Wildman–Crippen MR) is 85.8 cm³/mol. The van der Waals surface area contributed by atoms with E-state index in [0.717, 1.165) is 32.1 Å². The molecular formula is C17H30N2. The normalized spacial score (nSPS) is 12.4. The molecule has 2 nitrogen and oxygen atoms in total. The van der Waals surface area contributed by atoms with E-state index in [1.807, 2.05) is 0 Å². The molecule has 0 aromatic heterocycles. The van der Waals surface area contributed by atoms with Crippen LogP contribution in [-0.4, -0.2) is 19.6 Å². The molecule has 0 radical (unpaired) electrons. The lowest BCUT2D eigenvalue weighted by Gasteiger charge is -2.28. The first-order valence-corrected chi connectivity index (χ1v) is 7.76. The Morgan fingerprint density at radius 1 is 1.16 bits per heavy atom. The molecule has 0 spiro atoms. The summed E-state index contributed by atoms with van der Waals surface area (Å²) < 4.78 is 0. The average Bonchev–Trinajstić information content (AvgIpc) is 2.45. The molecule has 19 heavy (non-hydrogen) atoms. The summed E-state index contributed by atoms with van der Waals surface area (Å²) in [6.45, 7) is 13.4. The molecule has 0 saturated heterocycles. The fourth-order valence-electron chi connectivity index (χ4n) is 2.27. The largest absolute Gasteiger partial charge is 0.371 e. The minimum absolute atomic E-state index is 0.747. The highest BCUT2D eigenvalue weighted by molar-refractivity contribution is 5.53. The fourth-order valence-corrected chi connectivity index (χ4v) is 2.27. The molecule has 0 aliphatic rings. The van der Waals surface area contributed by atoms with Gasteiger partial charge in [-0.1, -0.05) is 45.4 Å². The molecule has 1 rings (SSSR count). The maximum Gasteiger partial charge on any atom is 0.0411 e. The summed E-state index contributed by atoms with van der Waals surface area (Å²) in [5.74, 6) is 0.747. The van der Waals surface area contributed by atoms with Crippen LogP contribution in [0.1, 0.15) is 46.1 Å². The van der Waals surface area contributed by atoms with E-state index < -0.39 is 0 Å². The Morgan fingerprint density at radius 2 is 1.89 bits per heavy atom. The van der Waals surface area contributed by atoms with Crippen LogP contribution in [0.2, 0.25) is 0 Å². The van der Waals surface area contributed by atoms with Gasteiger partial charge in [0.2, 0.25) is 0 Å². The van der Waals surface area contributed by atoms with Gasteiger partial charge in [0.15, 0.2) is 0 Å². The van der Waals surface area contributed by atoms with Gasteiger partial charge in [-0.2, -0.15) is 0 Å². The van der Waals surface area contributed by atoms with Crippen molar-refractivity contribution in [1.29, 1.82) is 0 Å². The Morgan fingerprint density at radius 3 is 2.53 bits per heavy atom. The molecule has 0 aliphatic carbocycles. The minimum atomic E-state index is 0.747. The minimum Gasteiger partial charge on any atom is -0.371 e. The van der Waals surface area contributed by atoms with E-state index in [9.17, 15) is 0 Å². The molecule has 1 atom stereocenters. The van der Waals surface area contributed by atoms with Gasteiger partial charge in [0.25, 0.3) is 0 Å². The summed E-state index contributed by atoms with van der Waals surface area (Å²) in [5.41, 5.74) is 2.81. The summed E-state index contributed by atoms with van der Waals surface area (Å²) in [6, 6.07) is 8.80. The molecule has 0 amide bonds. The van der Waals surface area contributed by atoms with E-state index in [0.29, 0.717) is 0 Å². The topological polar surface area (TPSA) is 15.3 Å². The highest BCUT2D eigenvalue weighted by atomic mass is 15.1. The molecule has 2 heteroatoms. The summed E-state index contributed by atoms with van der Waals surface area (Å²) in [7, 11) is 0. The van der Waals surface area contributed by atoms with E-state index in [2.05, 4.69) is 62.2 Å². The first-order valence-electron chi connectivity index (χ1n) is 7.76. The Bertz CT molecular complexity index is 349. The summed E-state index contributed by atoms with van der Waals surface area (Å²) >= 11 is 0. The number of nitrogens with one attached hydrogen (secondary N) is 1. The Hall–Kier alpha value is -1.02. The second-order valence-electron chi connectivity index (χ2n) is 5.36. The lowest BCUT2D eigenvalue weighted by molar-refractivity contribution is 0.546. The van der Waals surface area contributed by atoms with E-state index >= 15 is 0 Å². The molecule has 1 N–H and O–H groups in total. The molecule has 1 unspecified atom stereocenters. The lowest BCUT2D eigenvalue weighted by atomic mass is 10.1. The zero-order valence-electron chi connectivity index (χ0n) is 13.1. The maximum atomic E-state index is 3.51. The van der Waals surface area contributed by atoms with Gasteiger partial charge >= 0.3 is 0 Å². The van der Waals surface area contributed by atoms with Gasteiger partial charge in [-0.05, 0) is 37.4 Å². The molecule has 1 aromatic rings. The molecule has 108 valence electrons. The molecule has 0 saturated carbocycles. The van der Waals surface area contributed by atoms with Gasteiger partial charge in [0, 0.05) is 25.3 Å². The van der Waals surface area contributed by atoms with Gasteiger partial charge in [0.1, 0.15) is 0 Å². The van der Waals surface area contributed by atoms with E-state index in [-0.39, 0.29) is 0 Å². The Labute approximate surface area is 119 Å². The van der Waals surface area contributed by atoms with Crippen molar-refractivity contribution < 1.29 is 0 Å². The van der Waals surface area contributed by atoms with Crippen LogP contribution in [-0.2, 0) is 6.54 Å². The number of nitrogens with zero attached hydrogens (tertiary/aromatic N) is 1.